The van der Waals surface area contributed by atoms with E-state index in [0.717, 1.165) is 37.9 Å². The van der Waals surface area contributed by atoms with Crippen LogP contribution in [-0.4, -0.2) is 55.8 Å². The first-order valence-electron chi connectivity index (χ1n) is 13.4. The molecule has 0 N–H and O–H groups in total. The minimum Gasteiger partial charge on any atom is -0.493 e. The van der Waals surface area contributed by atoms with Crippen LogP contribution in [0, 0.1) is 17.3 Å². The van der Waals surface area contributed by atoms with Crippen LogP contribution in [0.2, 0.25) is 0 Å². The first-order valence-corrected chi connectivity index (χ1v) is 14.0. The number of rotatable bonds is 9. The second-order valence-electron chi connectivity index (χ2n) is 11.2. The van der Waals surface area contributed by atoms with Gasteiger partial charge in [0.25, 0.3) is 0 Å². The van der Waals surface area contributed by atoms with E-state index >= 15 is 0 Å². The zero-order valence-electron chi connectivity index (χ0n) is 21.9. The van der Waals surface area contributed by atoms with Crippen LogP contribution in [0.1, 0.15) is 62.5 Å². The van der Waals surface area contributed by atoms with Crippen molar-refractivity contribution in [2.75, 3.05) is 25.6 Å². The summed E-state index contributed by atoms with van der Waals surface area (Å²) >= 11 is 4.17. The van der Waals surface area contributed by atoms with Crippen LogP contribution in [0.15, 0.2) is 18.2 Å². The van der Waals surface area contributed by atoms with E-state index in [9.17, 15) is 39.5 Å². The monoisotopic (exact) mass is 608 g/mol. The van der Waals surface area contributed by atoms with E-state index in [-0.39, 0.29) is 18.1 Å². The number of fused-ring (bicyclic) bond motifs is 5. The Labute approximate surface area is 232 Å². The minimum atomic E-state index is -6.73. The van der Waals surface area contributed by atoms with Gasteiger partial charge in [0.05, 0.1) is 19.3 Å². The topological polar surface area (TPSA) is 27.7 Å². The summed E-state index contributed by atoms with van der Waals surface area (Å²) in [5, 5.41) is 0. The Morgan fingerprint density at radius 2 is 1.55 bits per heavy atom. The summed E-state index contributed by atoms with van der Waals surface area (Å²) < 4.78 is 133. The van der Waals surface area contributed by atoms with E-state index in [2.05, 4.69) is 36.4 Å². The molecule has 3 nitrogen and oxygen atoms in total. The lowest BCUT2D eigenvalue weighted by Crippen LogP contribution is -2.67. The van der Waals surface area contributed by atoms with Gasteiger partial charge in [-0.15, -0.1) is 0 Å². The van der Waals surface area contributed by atoms with E-state index in [1.54, 1.807) is 0 Å². The molecule has 0 spiro atoms. The number of benzene rings is 1. The van der Waals surface area contributed by atoms with Crippen molar-refractivity contribution in [1.29, 1.82) is 0 Å². The molecule has 0 saturated heterocycles. The standard InChI is InChI=1S/C27H33F9O3S/c1-23-10-9-19-18-6-4-17(37-13-14-40)15-16(18)3-5-20(19)21(23)7-8-22(23)38-11-2-12-39-24(25(28,29)30,26(31,32)33)27(34,35)36/h4,6,15,19-22,40H,2-3,5,7-14H2,1H3. The fraction of sp³-hybridized carbons (Fsp3) is 0.778. The Hall–Kier alpha value is -1.34. The van der Waals surface area contributed by atoms with Gasteiger partial charge >= 0.3 is 24.1 Å². The molecule has 2 fully saturated rings. The molecular formula is C27H33F9O3S. The van der Waals surface area contributed by atoms with Crippen LogP contribution in [0.25, 0.3) is 0 Å². The van der Waals surface area contributed by atoms with Gasteiger partial charge in [-0.2, -0.15) is 52.1 Å². The van der Waals surface area contributed by atoms with Crippen molar-refractivity contribution in [2.24, 2.45) is 17.3 Å². The second kappa shape index (κ2) is 11.4. The first kappa shape index (κ1) is 31.6. The predicted octanol–water partition coefficient (Wildman–Crippen LogP) is 8.07. The van der Waals surface area contributed by atoms with Crippen molar-refractivity contribution in [3.63, 3.8) is 0 Å². The summed E-state index contributed by atoms with van der Waals surface area (Å²) in [6, 6.07) is 6.21. The van der Waals surface area contributed by atoms with Crippen molar-refractivity contribution in [1.82, 2.24) is 0 Å². The van der Waals surface area contributed by atoms with Crippen LogP contribution in [0.3, 0.4) is 0 Å². The number of thiol groups is 1. The summed E-state index contributed by atoms with van der Waals surface area (Å²) in [6.45, 7) is 0.916. The van der Waals surface area contributed by atoms with Gasteiger partial charge < -0.3 is 14.2 Å². The average Bonchev–Trinajstić information content (AvgIpc) is 3.18. The molecular weight excluding hydrogens is 575 g/mol. The summed E-state index contributed by atoms with van der Waals surface area (Å²) in [7, 11) is 0. The second-order valence-corrected chi connectivity index (χ2v) is 11.7. The molecule has 5 atom stereocenters. The lowest BCUT2D eigenvalue weighted by molar-refractivity contribution is -0.457. The van der Waals surface area contributed by atoms with Gasteiger partial charge in [-0.25, -0.2) is 0 Å². The Kier molecular flexibility index (Phi) is 9.00. The molecule has 1 aromatic carbocycles. The summed E-state index contributed by atoms with van der Waals surface area (Å²) in [6.07, 6.45) is -15.8. The maximum atomic E-state index is 13.1. The van der Waals surface area contributed by atoms with Gasteiger partial charge in [-0.1, -0.05) is 13.0 Å². The third kappa shape index (κ3) is 5.55. The number of hydrogen-bond acceptors (Lipinski definition) is 4. The van der Waals surface area contributed by atoms with Gasteiger partial charge in [0.15, 0.2) is 0 Å². The molecule has 1 aromatic rings. The lowest BCUT2D eigenvalue weighted by atomic mass is 9.55. The molecule has 40 heavy (non-hydrogen) atoms. The third-order valence-electron chi connectivity index (χ3n) is 9.09. The molecule has 0 bridgehead atoms. The van der Waals surface area contributed by atoms with Gasteiger partial charge in [0, 0.05) is 12.4 Å². The van der Waals surface area contributed by atoms with Gasteiger partial charge in [0.1, 0.15) is 5.75 Å². The third-order valence-corrected chi connectivity index (χ3v) is 9.28. The van der Waals surface area contributed by atoms with Crippen molar-refractivity contribution >= 4 is 12.6 Å². The molecule has 0 aliphatic heterocycles. The summed E-state index contributed by atoms with van der Waals surface area (Å²) in [5.41, 5.74) is -3.88. The van der Waals surface area contributed by atoms with Crippen molar-refractivity contribution in [2.45, 2.75) is 88.0 Å². The number of ether oxygens (including phenoxy) is 3. The number of alkyl halides is 9. The maximum Gasteiger partial charge on any atom is 0.435 e. The van der Waals surface area contributed by atoms with Crippen LogP contribution >= 0.6 is 12.6 Å². The van der Waals surface area contributed by atoms with E-state index < -0.39 is 37.2 Å². The highest BCUT2D eigenvalue weighted by atomic mass is 32.1. The van der Waals surface area contributed by atoms with Crippen LogP contribution in [-0.2, 0) is 15.9 Å². The van der Waals surface area contributed by atoms with Crippen LogP contribution in [0.5, 0.6) is 5.75 Å². The normalized spacial score (nSPS) is 29.1. The quantitative estimate of drug-likeness (QED) is 0.175. The largest absolute Gasteiger partial charge is 0.493 e. The smallest absolute Gasteiger partial charge is 0.435 e. The van der Waals surface area contributed by atoms with E-state index in [1.807, 2.05) is 6.07 Å². The van der Waals surface area contributed by atoms with E-state index in [4.69, 9.17) is 9.47 Å². The van der Waals surface area contributed by atoms with Crippen LogP contribution in [0.4, 0.5) is 39.5 Å². The fourth-order valence-electron chi connectivity index (χ4n) is 7.28. The van der Waals surface area contributed by atoms with Crippen molar-refractivity contribution < 1.29 is 53.7 Å². The molecule has 2 saturated carbocycles. The summed E-state index contributed by atoms with van der Waals surface area (Å²) in [4.78, 5) is 0. The van der Waals surface area contributed by atoms with Gasteiger partial charge in [0.2, 0.25) is 0 Å². The predicted molar refractivity (Wildman–Crippen MR) is 132 cm³/mol. The van der Waals surface area contributed by atoms with Crippen LogP contribution < -0.4 is 4.74 Å². The van der Waals surface area contributed by atoms with E-state index in [0.29, 0.717) is 36.5 Å². The average molecular weight is 609 g/mol. The Bertz CT molecular complexity index is 990. The molecule has 0 aromatic heterocycles. The number of aryl methyl sites for hydroxylation is 1. The number of halogens is 9. The Balaban J connectivity index is 1.36. The molecule has 0 heterocycles. The van der Waals surface area contributed by atoms with Gasteiger partial charge in [-0.05, 0) is 91.4 Å². The molecule has 5 unspecified atom stereocenters. The molecule has 0 amide bonds. The van der Waals surface area contributed by atoms with Crippen molar-refractivity contribution in [3.05, 3.63) is 29.3 Å². The maximum absolute atomic E-state index is 13.1. The molecule has 3 aliphatic rings. The SMILES string of the molecule is CC12CCC3c4ccc(OCCS)cc4CCC3C1CCC2OCCCOC(C(F)(F)F)(C(F)(F)F)C(F)(F)F. The highest BCUT2D eigenvalue weighted by Crippen LogP contribution is 2.62. The fourth-order valence-corrected chi connectivity index (χ4v) is 7.37. The lowest BCUT2D eigenvalue weighted by Gasteiger charge is -2.50. The molecule has 0 radical (unpaired) electrons. The minimum absolute atomic E-state index is 0.233. The molecule has 3 aliphatic carbocycles. The van der Waals surface area contributed by atoms with Gasteiger partial charge in [-0.3, -0.25) is 0 Å². The first-order chi connectivity index (χ1) is 18.6. The van der Waals surface area contributed by atoms with Crippen molar-refractivity contribution in [3.8, 4) is 5.75 Å². The zero-order chi connectivity index (χ0) is 29.6. The Morgan fingerprint density at radius 3 is 2.17 bits per heavy atom. The zero-order valence-corrected chi connectivity index (χ0v) is 22.8. The number of hydrogen-bond donors (Lipinski definition) is 1. The molecule has 13 heteroatoms. The molecule has 228 valence electrons. The molecule has 4 rings (SSSR count). The highest BCUT2D eigenvalue weighted by Gasteiger charge is 2.85. The summed E-state index contributed by atoms with van der Waals surface area (Å²) in [5.74, 6) is 2.57. The highest BCUT2D eigenvalue weighted by molar-refractivity contribution is 7.80. The Morgan fingerprint density at radius 1 is 0.875 bits per heavy atom. The van der Waals surface area contributed by atoms with E-state index in [1.165, 1.54) is 11.1 Å².